The Bertz CT molecular complexity index is 1170. The highest BCUT2D eigenvalue weighted by Gasteiger charge is 2.53. The number of rotatable bonds is 5. The zero-order chi connectivity index (χ0) is 23.3. The van der Waals surface area contributed by atoms with E-state index in [2.05, 4.69) is 57.4 Å². The zero-order valence-corrected chi connectivity index (χ0v) is 20.7. The highest BCUT2D eigenvalue weighted by atomic mass is 35.5. The Morgan fingerprint density at radius 1 is 0.879 bits per heavy atom. The number of benzene rings is 1. The van der Waals surface area contributed by atoms with Gasteiger partial charge in [0.1, 0.15) is 0 Å². The summed E-state index contributed by atoms with van der Waals surface area (Å²) in [7, 11) is 0. The fourth-order valence-electron chi connectivity index (χ4n) is 4.89. The molecule has 180 valence electrons. The molecule has 1 aromatic carbocycles. The number of halogens is 1. The first-order valence-electron chi connectivity index (χ1n) is 11.3. The molecular weight excluding hydrogens is 434 g/mol. The van der Waals surface area contributed by atoms with Crippen LogP contribution in [0.15, 0.2) is 53.5 Å². The molecule has 0 unspecified atom stereocenters. The molecule has 3 aromatic rings. The van der Waals surface area contributed by atoms with E-state index in [1.165, 1.54) is 5.69 Å². The predicted molar refractivity (Wildman–Crippen MR) is 139 cm³/mol. The van der Waals surface area contributed by atoms with Gasteiger partial charge in [0.25, 0.3) is 0 Å². The first-order valence-corrected chi connectivity index (χ1v) is 11.7. The van der Waals surface area contributed by atoms with Crippen molar-refractivity contribution in [2.45, 2.75) is 60.0 Å². The average Bonchev–Trinajstić information content (AvgIpc) is 3.11. The van der Waals surface area contributed by atoms with Crippen molar-refractivity contribution in [2.75, 3.05) is 31.1 Å². The van der Waals surface area contributed by atoms with Gasteiger partial charge in [-0.3, -0.25) is 9.30 Å². The highest BCUT2D eigenvalue weighted by molar-refractivity contribution is 6.30. The fourth-order valence-corrected chi connectivity index (χ4v) is 5.08. The van der Waals surface area contributed by atoms with Crippen LogP contribution in [0.5, 0.6) is 0 Å². The van der Waals surface area contributed by atoms with Crippen LogP contribution in [0.4, 0.5) is 5.69 Å². The van der Waals surface area contributed by atoms with Gasteiger partial charge >= 0.3 is 5.69 Å². The van der Waals surface area contributed by atoms with Crippen LogP contribution in [-0.2, 0) is 5.54 Å². The van der Waals surface area contributed by atoms with E-state index in [9.17, 15) is 4.79 Å². The van der Waals surface area contributed by atoms with Crippen molar-refractivity contribution in [3.8, 4) is 0 Å². The summed E-state index contributed by atoms with van der Waals surface area (Å²) in [5.41, 5.74) is 0.802. The van der Waals surface area contributed by atoms with E-state index in [1.54, 1.807) is 15.3 Å². The van der Waals surface area contributed by atoms with E-state index in [0.29, 0.717) is 5.65 Å². The Labute approximate surface area is 202 Å². The Hall–Kier alpha value is -2.31. The molecule has 6 nitrogen and oxygen atoms in total. The van der Waals surface area contributed by atoms with Crippen LogP contribution in [0.1, 0.15) is 49.0 Å². The van der Waals surface area contributed by atoms with Gasteiger partial charge in [-0.15, -0.1) is 5.10 Å². The Kier molecular flexibility index (Phi) is 6.75. The normalized spacial score (nSPS) is 16.2. The highest BCUT2D eigenvalue weighted by Crippen LogP contribution is 2.47. The Morgan fingerprint density at radius 3 is 2.15 bits per heavy atom. The molecule has 4 rings (SSSR count). The van der Waals surface area contributed by atoms with Crippen LogP contribution < -0.4 is 10.6 Å². The molecule has 1 aliphatic rings. The average molecular weight is 472 g/mol. The van der Waals surface area contributed by atoms with E-state index in [4.69, 9.17) is 16.7 Å². The molecule has 2 aromatic heterocycles. The molecular formula is C26H38ClN5O. The summed E-state index contributed by atoms with van der Waals surface area (Å²) in [5, 5.41) is 5.47. The maximum Gasteiger partial charge on any atom is 0.350 e. The molecule has 0 radical (unpaired) electrons. The molecule has 0 N–H and O–H groups in total. The standard InChI is InChI=1S/C25H34ClN5O.CH4/c1-23(2,25(5,6)31-22(32)30-13-8-7-12-21(30)27-31)24(3,4)29-16-14-28(15-17-29)20-11-9-10-19(26)18-20;/h7-13,18H,14-17H2,1-6H3;1H4. The number of pyridine rings is 1. The summed E-state index contributed by atoms with van der Waals surface area (Å²) in [5.74, 6) is 0. The smallest absolute Gasteiger partial charge is 0.350 e. The van der Waals surface area contributed by atoms with Gasteiger partial charge in [-0.2, -0.15) is 0 Å². The van der Waals surface area contributed by atoms with Crippen molar-refractivity contribution in [3.05, 3.63) is 64.2 Å². The molecule has 1 saturated heterocycles. The minimum Gasteiger partial charge on any atom is -0.369 e. The quantitative estimate of drug-likeness (QED) is 0.516. The lowest BCUT2D eigenvalue weighted by atomic mass is 9.62. The fraction of sp³-hybridized carbons (Fsp3) is 0.538. The molecule has 0 saturated carbocycles. The number of anilines is 1. The minimum atomic E-state index is -0.510. The summed E-state index contributed by atoms with van der Waals surface area (Å²) in [6.45, 7) is 17.1. The predicted octanol–water partition coefficient (Wildman–Crippen LogP) is 5.15. The number of nitrogens with zero attached hydrogens (tertiary/aromatic N) is 5. The van der Waals surface area contributed by atoms with Gasteiger partial charge in [-0.25, -0.2) is 9.48 Å². The molecule has 0 spiro atoms. The van der Waals surface area contributed by atoms with Gasteiger partial charge in [0.2, 0.25) is 0 Å². The molecule has 1 fully saturated rings. The molecule has 7 heteroatoms. The van der Waals surface area contributed by atoms with Gasteiger partial charge in [-0.05, 0) is 58.0 Å². The lowest BCUT2D eigenvalue weighted by molar-refractivity contribution is -0.0644. The van der Waals surface area contributed by atoms with Crippen molar-refractivity contribution in [3.63, 3.8) is 0 Å². The van der Waals surface area contributed by atoms with Crippen molar-refractivity contribution >= 4 is 22.9 Å². The largest absolute Gasteiger partial charge is 0.369 e. The molecule has 0 bridgehead atoms. The van der Waals surface area contributed by atoms with Crippen molar-refractivity contribution in [2.24, 2.45) is 5.41 Å². The zero-order valence-electron chi connectivity index (χ0n) is 20.0. The molecule has 0 amide bonds. The van der Waals surface area contributed by atoms with E-state index >= 15 is 0 Å². The summed E-state index contributed by atoms with van der Waals surface area (Å²) in [6, 6.07) is 13.7. The second-order valence-electron chi connectivity index (χ2n) is 10.3. The number of piperazine rings is 1. The van der Waals surface area contributed by atoms with Crippen LogP contribution in [0, 0.1) is 5.41 Å². The van der Waals surface area contributed by atoms with Crippen molar-refractivity contribution in [1.29, 1.82) is 0 Å². The SMILES string of the molecule is C.CC(C)(N1CCN(c2cccc(Cl)c2)CC1)C(C)(C)C(C)(C)n1nc2ccccn2c1=O. The summed E-state index contributed by atoms with van der Waals surface area (Å²) in [6.07, 6.45) is 1.78. The van der Waals surface area contributed by atoms with Crippen LogP contribution >= 0.6 is 11.6 Å². The maximum atomic E-state index is 13.2. The molecule has 1 aliphatic heterocycles. The van der Waals surface area contributed by atoms with Crippen molar-refractivity contribution < 1.29 is 0 Å². The number of fused-ring (bicyclic) bond motifs is 1. The van der Waals surface area contributed by atoms with Crippen molar-refractivity contribution in [1.82, 2.24) is 19.1 Å². The van der Waals surface area contributed by atoms with E-state index in [1.807, 2.05) is 36.4 Å². The second-order valence-corrected chi connectivity index (χ2v) is 10.8. The molecule has 3 heterocycles. The summed E-state index contributed by atoms with van der Waals surface area (Å²) in [4.78, 5) is 18.1. The first kappa shape index (κ1) is 25.3. The summed E-state index contributed by atoms with van der Waals surface area (Å²) >= 11 is 6.20. The third-order valence-electron chi connectivity index (χ3n) is 8.26. The minimum absolute atomic E-state index is 0. The molecule has 33 heavy (non-hydrogen) atoms. The second kappa shape index (κ2) is 8.80. The Morgan fingerprint density at radius 2 is 1.55 bits per heavy atom. The monoisotopic (exact) mass is 471 g/mol. The van der Waals surface area contributed by atoms with E-state index in [-0.39, 0.29) is 24.1 Å². The van der Waals surface area contributed by atoms with Crippen LogP contribution in [0.2, 0.25) is 5.02 Å². The van der Waals surface area contributed by atoms with Crippen LogP contribution in [0.3, 0.4) is 0 Å². The lowest BCUT2D eigenvalue weighted by Crippen LogP contribution is -2.66. The van der Waals surface area contributed by atoms with Crippen LogP contribution in [-0.4, -0.2) is 50.8 Å². The van der Waals surface area contributed by atoms with Gasteiger partial charge in [0.05, 0.1) is 5.54 Å². The molecule has 0 aliphatic carbocycles. The number of aromatic nitrogens is 3. The third-order valence-corrected chi connectivity index (χ3v) is 8.50. The van der Waals surface area contributed by atoms with Gasteiger partial charge in [0, 0.05) is 54.0 Å². The van der Waals surface area contributed by atoms with Gasteiger partial charge in [0.15, 0.2) is 5.65 Å². The number of hydrogen-bond acceptors (Lipinski definition) is 4. The van der Waals surface area contributed by atoms with Gasteiger partial charge in [-0.1, -0.05) is 45.0 Å². The number of hydrogen-bond donors (Lipinski definition) is 0. The maximum absolute atomic E-state index is 13.2. The third kappa shape index (κ3) is 4.08. The van der Waals surface area contributed by atoms with Gasteiger partial charge < -0.3 is 4.90 Å². The van der Waals surface area contributed by atoms with E-state index < -0.39 is 5.54 Å². The lowest BCUT2D eigenvalue weighted by Gasteiger charge is -2.57. The topological polar surface area (TPSA) is 45.8 Å². The Balaban J connectivity index is 0.00000306. The van der Waals surface area contributed by atoms with Crippen LogP contribution in [0.25, 0.3) is 5.65 Å². The van der Waals surface area contributed by atoms with E-state index in [0.717, 1.165) is 31.2 Å². The molecule has 0 atom stereocenters. The summed E-state index contributed by atoms with van der Waals surface area (Å²) < 4.78 is 3.29. The first-order chi connectivity index (χ1) is 15.0.